The number of hydrogen-bond donors (Lipinski definition) is 0. The minimum absolute atomic E-state index is 0.0183. The molecule has 0 bridgehead atoms. The second-order valence-corrected chi connectivity index (χ2v) is 6.45. The predicted molar refractivity (Wildman–Crippen MR) is 79.8 cm³/mol. The number of ketones is 2. The first-order valence-corrected chi connectivity index (χ1v) is 7.32. The van der Waals surface area contributed by atoms with Crippen LogP contribution in [0.15, 0.2) is 36.1 Å². The molecule has 0 aromatic heterocycles. The molecule has 0 spiro atoms. The number of carbonyl (C=O) groups is 2. The molecule has 4 atom stereocenters. The minimum Gasteiger partial charge on any atom is -0.493 e. The first kappa shape index (κ1) is 14.1. The summed E-state index contributed by atoms with van der Waals surface area (Å²) in [5.74, 6) is 0.184. The van der Waals surface area contributed by atoms with Gasteiger partial charge in [-0.25, -0.2) is 0 Å². The maximum atomic E-state index is 12.7. The SMILES string of the molecule is COC1=CC(=O)C2[C@@H](C)[C@H](c3ccc(C)cc3)[C@@]2(C)C1=O. The first-order chi connectivity index (χ1) is 9.91. The second kappa shape index (κ2) is 4.55. The van der Waals surface area contributed by atoms with E-state index in [0.29, 0.717) is 0 Å². The number of Topliss-reactive ketones (excluding diaryl/α,β-unsaturated/α-hetero) is 1. The highest BCUT2D eigenvalue weighted by Crippen LogP contribution is 2.63. The Labute approximate surface area is 125 Å². The average Bonchev–Trinajstić information content (AvgIpc) is 2.45. The Morgan fingerprint density at radius 1 is 1.10 bits per heavy atom. The van der Waals surface area contributed by atoms with E-state index in [1.807, 2.05) is 13.8 Å². The number of rotatable bonds is 2. The van der Waals surface area contributed by atoms with E-state index in [-0.39, 0.29) is 35.1 Å². The Morgan fingerprint density at radius 2 is 1.71 bits per heavy atom. The van der Waals surface area contributed by atoms with Crippen LogP contribution in [-0.2, 0) is 14.3 Å². The second-order valence-electron chi connectivity index (χ2n) is 6.45. The molecule has 0 saturated heterocycles. The van der Waals surface area contributed by atoms with Gasteiger partial charge in [0.15, 0.2) is 11.5 Å². The molecule has 0 aliphatic heterocycles. The molecule has 21 heavy (non-hydrogen) atoms. The van der Waals surface area contributed by atoms with Crippen molar-refractivity contribution in [3.05, 3.63) is 47.2 Å². The van der Waals surface area contributed by atoms with Crippen molar-refractivity contribution in [2.24, 2.45) is 17.3 Å². The van der Waals surface area contributed by atoms with Crippen LogP contribution in [-0.4, -0.2) is 18.7 Å². The van der Waals surface area contributed by atoms with Gasteiger partial charge in [-0.2, -0.15) is 0 Å². The maximum absolute atomic E-state index is 12.7. The van der Waals surface area contributed by atoms with Gasteiger partial charge in [-0.1, -0.05) is 43.7 Å². The molecule has 1 saturated carbocycles. The van der Waals surface area contributed by atoms with Gasteiger partial charge >= 0.3 is 0 Å². The fourth-order valence-electron chi connectivity index (χ4n) is 4.32. The van der Waals surface area contributed by atoms with E-state index < -0.39 is 5.41 Å². The van der Waals surface area contributed by atoms with Crippen LogP contribution >= 0.6 is 0 Å². The zero-order valence-electron chi connectivity index (χ0n) is 12.8. The van der Waals surface area contributed by atoms with Crippen molar-refractivity contribution >= 4 is 11.6 Å². The molecule has 1 unspecified atom stereocenters. The van der Waals surface area contributed by atoms with Crippen molar-refractivity contribution in [3.63, 3.8) is 0 Å². The van der Waals surface area contributed by atoms with E-state index in [0.717, 1.165) is 5.56 Å². The molecule has 110 valence electrons. The standard InChI is InChI=1S/C18H20O3/c1-10-5-7-12(8-6-10)15-11(2)16-13(19)9-14(21-4)17(20)18(15,16)3/h5-9,11,15-16H,1-4H3/t11-,15+,16?,18+/m0/s1. The number of ether oxygens (including phenoxy) is 1. The molecule has 2 aliphatic rings. The van der Waals surface area contributed by atoms with E-state index >= 15 is 0 Å². The highest BCUT2D eigenvalue weighted by Gasteiger charge is 2.66. The zero-order chi connectivity index (χ0) is 15.4. The number of carbonyl (C=O) groups excluding carboxylic acids is 2. The lowest BCUT2D eigenvalue weighted by molar-refractivity contribution is -0.159. The smallest absolute Gasteiger partial charge is 0.204 e. The van der Waals surface area contributed by atoms with Crippen LogP contribution in [0.4, 0.5) is 0 Å². The summed E-state index contributed by atoms with van der Waals surface area (Å²) in [6.45, 7) is 6.02. The Balaban J connectivity index is 2.06. The summed E-state index contributed by atoms with van der Waals surface area (Å²) in [5.41, 5.74) is 1.65. The molecule has 3 heteroatoms. The molecule has 1 fully saturated rings. The summed E-state index contributed by atoms with van der Waals surface area (Å²) in [5, 5.41) is 0. The van der Waals surface area contributed by atoms with E-state index in [4.69, 9.17) is 4.74 Å². The van der Waals surface area contributed by atoms with Crippen LogP contribution in [0.5, 0.6) is 0 Å². The van der Waals surface area contributed by atoms with Gasteiger partial charge in [0.05, 0.1) is 12.5 Å². The van der Waals surface area contributed by atoms with Crippen LogP contribution in [0.3, 0.4) is 0 Å². The molecule has 0 heterocycles. The lowest BCUT2D eigenvalue weighted by Gasteiger charge is -2.58. The molecule has 0 N–H and O–H groups in total. The van der Waals surface area contributed by atoms with Gasteiger partial charge in [0.25, 0.3) is 0 Å². The topological polar surface area (TPSA) is 43.4 Å². The van der Waals surface area contributed by atoms with Gasteiger partial charge < -0.3 is 4.74 Å². The fraction of sp³-hybridized carbons (Fsp3) is 0.444. The first-order valence-electron chi connectivity index (χ1n) is 7.32. The lowest BCUT2D eigenvalue weighted by Crippen LogP contribution is -2.61. The van der Waals surface area contributed by atoms with Crippen LogP contribution in [0.1, 0.15) is 30.9 Å². The van der Waals surface area contributed by atoms with E-state index in [1.54, 1.807) is 0 Å². The third-order valence-corrected chi connectivity index (χ3v) is 5.29. The molecular formula is C18H20O3. The molecule has 1 aromatic rings. The highest BCUT2D eigenvalue weighted by atomic mass is 16.5. The number of benzene rings is 1. The monoisotopic (exact) mass is 284 g/mol. The maximum Gasteiger partial charge on any atom is 0.204 e. The fourth-order valence-corrected chi connectivity index (χ4v) is 4.32. The van der Waals surface area contributed by atoms with Crippen LogP contribution in [0, 0.1) is 24.2 Å². The highest BCUT2D eigenvalue weighted by molar-refractivity contribution is 6.13. The number of aryl methyl sites for hydroxylation is 1. The largest absolute Gasteiger partial charge is 0.493 e. The van der Waals surface area contributed by atoms with Gasteiger partial charge in [0, 0.05) is 17.9 Å². The van der Waals surface area contributed by atoms with Crippen molar-refractivity contribution in [1.29, 1.82) is 0 Å². The van der Waals surface area contributed by atoms with Crippen molar-refractivity contribution in [3.8, 4) is 0 Å². The average molecular weight is 284 g/mol. The van der Waals surface area contributed by atoms with Gasteiger partial charge in [-0.05, 0) is 18.4 Å². The van der Waals surface area contributed by atoms with Gasteiger partial charge in [-0.15, -0.1) is 0 Å². The molecule has 3 rings (SSSR count). The Hall–Kier alpha value is -1.90. The molecule has 0 radical (unpaired) electrons. The summed E-state index contributed by atoms with van der Waals surface area (Å²) >= 11 is 0. The van der Waals surface area contributed by atoms with Gasteiger partial charge in [-0.3, -0.25) is 9.59 Å². The molecular weight excluding hydrogens is 264 g/mol. The molecule has 0 amide bonds. The Bertz CT molecular complexity index is 641. The molecule has 1 aromatic carbocycles. The quantitative estimate of drug-likeness (QED) is 0.838. The van der Waals surface area contributed by atoms with E-state index in [1.165, 1.54) is 18.7 Å². The third kappa shape index (κ3) is 1.73. The number of methoxy groups -OCH3 is 1. The van der Waals surface area contributed by atoms with Crippen LogP contribution < -0.4 is 0 Å². The normalized spacial score (nSPS) is 34.9. The van der Waals surface area contributed by atoms with Crippen molar-refractivity contribution < 1.29 is 14.3 Å². The molecule has 2 aliphatic carbocycles. The predicted octanol–water partition coefficient (Wildman–Crippen LogP) is 3.03. The summed E-state index contributed by atoms with van der Waals surface area (Å²) in [6, 6.07) is 8.25. The van der Waals surface area contributed by atoms with E-state index in [2.05, 4.69) is 31.2 Å². The minimum atomic E-state index is -0.675. The van der Waals surface area contributed by atoms with E-state index in [9.17, 15) is 9.59 Å². The van der Waals surface area contributed by atoms with Crippen molar-refractivity contribution in [2.75, 3.05) is 7.11 Å². The summed E-state index contributed by atoms with van der Waals surface area (Å²) in [6.07, 6.45) is 1.37. The number of fused-ring (bicyclic) bond motifs is 1. The zero-order valence-corrected chi connectivity index (χ0v) is 12.8. The molecule has 3 nitrogen and oxygen atoms in total. The summed E-state index contributed by atoms with van der Waals surface area (Å²) < 4.78 is 5.12. The van der Waals surface area contributed by atoms with Crippen LogP contribution in [0.25, 0.3) is 0 Å². The lowest BCUT2D eigenvalue weighted by atomic mass is 9.42. The summed E-state index contributed by atoms with van der Waals surface area (Å²) in [7, 11) is 1.45. The number of hydrogen-bond acceptors (Lipinski definition) is 3. The van der Waals surface area contributed by atoms with Crippen LogP contribution in [0.2, 0.25) is 0 Å². The van der Waals surface area contributed by atoms with Gasteiger partial charge in [0.2, 0.25) is 5.78 Å². The van der Waals surface area contributed by atoms with Crippen molar-refractivity contribution in [1.82, 2.24) is 0 Å². The van der Waals surface area contributed by atoms with Gasteiger partial charge in [0.1, 0.15) is 0 Å². The Morgan fingerprint density at radius 3 is 2.29 bits per heavy atom. The Kier molecular flexibility index (Phi) is 3.05. The third-order valence-electron chi connectivity index (χ3n) is 5.29. The number of allylic oxidation sites excluding steroid dienone is 2. The summed E-state index contributed by atoms with van der Waals surface area (Å²) in [4.78, 5) is 25.0. The van der Waals surface area contributed by atoms with Crippen molar-refractivity contribution in [2.45, 2.75) is 26.7 Å².